The largest absolute Gasteiger partial charge is 0.382 e. The van der Waals surface area contributed by atoms with E-state index in [0.717, 1.165) is 6.42 Å². The third-order valence-corrected chi connectivity index (χ3v) is 5.91. The molecule has 9 atom stereocenters. The molecule has 180 valence electrons. The Morgan fingerprint density at radius 2 is 1.27 bits per heavy atom. The second-order valence-electron chi connectivity index (χ2n) is 7.45. The van der Waals surface area contributed by atoms with Gasteiger partial charge in [-0.3, -0.25) is 0 Å². The fraction of sp³-hybridized carbons (Fsp3) is 1.00. The highest BCUT2D eigenvalue weighted by molar-refractivity contribution is 4.90. The molecule has 0 aromatic rings. The van der Waals surface area contributed by atoms with Gasteiger partial charge in [0.15, 0.2) is 6.29 Å². The second-order valence-corrected chi connectivity index (χ2v) is 7.45. The minimum Gasteiger partial charge on any atom is -0.382 e. The van der Waals surface area contributed by atoms with Crippen molar-refractivity contribution < 1.29 is 42.6 Å². The highest BCUT2D eigenvalue weighted by atomic mass is 16.7. The van der Waals surface area contributed by atoms with Crippen LogP contribution in [0.15, 0.2) is 0 Å². The van der Waals surface area contributed by atoms with Gasteiger partial charge in [-0.05, 0) is 6.42 Å². The molecule has 9 heteroatoms. The van der Waals surface area contributed by atoms with Crippen LogP contribution in [-0.4, -0.2) is 112 Å². The number of rotatable bonds is 15. The van der Waals surface area contributed by atoms with Crippen molar-refractivity contribution in [2.45, 2.75) is 69.3 Å². The van der Waals surface area contributed by atoms with Crippen LogP contribution in [0.2, 0.25) is 0 Å². The van der Waals surface area contributed by atoms with Gasteiger partial charge in [0, 0.05) is 55.7 Å². The predicted octanol–water partition coefficient (Wildman–Crippen LogP) is 1.51. The first-order chi connectivity index (χ1) is 14.5. The Hall–Kier alpha value is -0.360. The quantitative estimate of drug-likeness (QED) is 0.378. The van der Waals surface area contributed by atoms with Gasteiger partial charge in [0.1, 0.15) is 30.5 Å². The van der Waals surface area contributed by atoms with E-state index in [4.69, 9.17) is 42.6 Å². The lowest BCUT2D eigenvalue weighted by molar-refractivity contribution is -0.300. The topological polar surface area (TPSA) is 83.1 Å². The van der Waals surface area contributed by atoms with Gasteiger partial charge in [-0.1, -0.05) is 13.8 Å². The van der Waals surface area contributed by atoms with Gasteiger partial charge >= 0.3 is 0 Å². The molecule has 1 aliphatic heterocycles. The summed E-state index contributed by atoms with van der Waals surface area (Å²) in [5, 5.41) is 0. The van der Waals surface area contributed by atoms with Crippen molar-refractivity contribution in [3.8, 4) is 0 Å². The molecule has 0 N–H and O–H groups in total. The Morgan fingerprint density at radius 3 is 1.67 bits per heavy atom. The standard InChI is InChI=1S/C21H42O9/c1-10-14-13(2)17(25-6)20(28-9)21(30-14)29-12-16(24-5)19(27-8)18(26-7)15(23-4)11-22-3/h13-21H,10-12H2,1-9H3/t13-,14-,15-,16-,17+,18-,19-,20-,21+/m1/s1. The van der Waals surface area contributed by atoms with Gasteiger partial charge in [-0.25, -0.2) is 0 Å². The Labute approximate surface area is 181 Å². The van der Waals surface area contributed by atoms with Crippen LogP contribution < -0.4 is 0 Å². The van der Waals surface area contributed by atoms with Gasteiger partial charge in [0.2, 0.25) is 0 Å². The lowest BCUT2D eigenvalue weighted by Gasteiger charge is -2.44. The molecule has 0 spiro atoms. The van der Waals surface area contributed by atoms with Gasteiger partial charge in [-0.15, -0.1) is 0 Å². The fourth-order valence-electron chi connectivity index (χ4n) is 4.18. The molecule has 9 nitrogen and oxygen atoms in total. The maximum atomic E-state index is 6.19. The summed E-state index contributed by atoms with van der Waals surface area (Å²) in [6.07, 6.45) is -1.86. The Morgan fingerprint density at radius 1 is 0.733 bits per heavy atom. The first-order valence-corrected chi connectivity index (χ1v) is 10.4. The predicted molar refractivity (Wildman–Crippen MR) is 111 cm³/mol. The highest BCUT2D eigenvalue weighted by Crippen LogP contribution is 2.32. The summed E-state index contributed by atoms with van der Waals surface area (Å²) in [7, 11) is 11.4. The van der Waals surface area contributed by atoms with Gasteiger partial charge in [-0.2, -0.15) is 0 Å². The Balaban J connectivity index is 2.92. The summed E-state index contributed by atoms with van der Waals surface area (Å²) >= 11 is 0. The van der Waals surface area contributed by atoms with Crippen LogP contribution in [-0.2, 0) is 42.6 Å². The monoisotopic (exact) mass is 438 g/mol. The van der Waals surface area contributed by atoms with Crippen molar-refractivity contribution in [2.75, 3.05) is 63.0 Å². The molecule has 0 radical (unpaired) electrons. The second kappa shape index (κ2) is 14.7. The molecule has 0 aromatic heterocycles. The SMILES string of the molecule is CC[C@H]1O[C@H](OC[C@@H](OC)[C@@H](OC)[C@H](OC)[C@@H](COC)OC)[C@H](OC)[C@@H](OC)[C@@H]1C. The summed E-state index contributed by atoms with van der Waals surface area (Å²) < 4.78 is 51.6. The van der Waals surface area contributed by atoms with Crippen molar-refractivity contribution in [1.29, 1.82) is 0 Å². The van der Waals surface area contributed by atoms with Gasteiger partial charge in [0.25, 0.3) is 0 Å². The van der Waals surface area contributed by atoms with E-state index in [1.807, 2.05) is 0 Å². The average molecular weight is 439 g/mol. The zero-order valence-electron chi connectivity index (χ0n) is 20.0. The third-order valence-electron chi connectivity index (χ3n) is 5.91. The molecule has 1 saturated heterocycles. The van der Waals surface area contributed by atoms with Gasteiger partial charge in [0.05, 0.1) is 25.4 Å². The molecule has 0 aromatic carbocycles. The molecular weight excluding hydrogens is 396 g/mol. The fourth-order valence-corrected chi connectivity index (χ4v) is 4.18. The number of hydrogen-bond donors (Lipinski definition) is 0. The van der Waals surface area contributed by atoms with Crippen LogP contribution in [0.5, 0.6) is 0 Å². The van der Waals surface area contributed by atoms with E-state index in [1.54, 1.807) is 49.8 Å². The third kappa shape index (κ3) is 6.82. The van der Waals surface area contributed by atoms with Crippen molar-refractivity contribution in [3.05, 3.63) is 0 Å². The van der Waals surface area contributed by atoms with Crippen LogP contribution >= 0.6 is 0 Å². The normalized spacial score (nSPS) is 31.3. The highest BCUT2D eigenvalue weighted by Gasteiger charge is 2.45. The maximum absolute atomic E-state index is 6.19. The number of hydrogen-bond acceptors (Lipinski definition) is 9. The van der Waals surface area contributed by atoms with E-state index in [-0.39, 0.29) is 36.9 Å². The summed E-state index contributed by atoms with van der Waals surface area (Å²) in [5.74, 6) is 0.184. The zero-order valence-corrected chi connectivity index (χ0v) is 20.0. The maximum Gasteiger partial charge on any atom is 0.186 e. The van der Waals surface area contributed by atoms with E-state index >= 15 is 0 Å². The molecule has 1 aliphatic rings. The lowest BCUT2D eigenvalue weighted by atomic mass is 9.89. The molecule has 0 bridgehead atoms. The molecule has 1 fully saturated rings. The lowest BCUT2D eigenvalue weighted by Crippen LogP contribution is -2.57. The van der Waals surface area contributed by atoms with Crippen molar-refractivity contribution in [3.63, 3.8) is 0 Å². The number of methoxy groups -OCH3 is 7. The molecule has 0 unspecified atom stereocenters. The minimum absolute atomic E-state index is 0.0110. The smallest absolute Gasteiger partial charge is 0.186 e. The molecule has 30 heavy (non-hydrogen) atoms. The van der Waals surface area contributed by atoms with Crippen LogP contribution in [0.25, 0.3) is 0 Å². The van der Waals surface area contributed by atoms with Crippen LogP contribution in [0, 0.1) is 5.92 Å². The average Bonchev–Trinajstić information content (AvgIpc) is 2.77. The van der Waals surface area contributed by atoms with Crippen molar-refractivity contribution >= 4 is 0 Å². The summed E-state index contributed by atoms with van der Waals surface area (Å²) in [5.41, 5.74) is 0. The van der Waals surface area contributed by atoms with E-state index in [9.17, 15) is 0 Å². The van der Waals surface area contributed by atoms with Crippen molar-refractivity contribution in [2.24, 2.45) is 5.92 Å². The van der Waals surface area contributed by atoms with E-state index in [2.05, 4.69) is 13.8 Å². The minimum atomic E-state index is -0.588. The van der Waals surface area contributed by atoms with E-state index in [0.29, 0.717) is 6.61 Å². The summed E-state index contributed by atoms with van der Waals surface area (Å²) in [6.45, 7) is 4.76. The first-order valence-electron chi connectivity index (χ1n) is 10.4. The Kier molecular flexibility index (Phi) is 13.5. The summed E-state index contributed by atoms with van der Waals surface area (Å²) in [6, 6.07) is 0. The molecule has 1 heterocycles. The molecule has 1 rings (SSSR count). The van der Waals surface area contributed by atoms with E-state index < -0.39 is 24.6 Å². The van der Waals surface area contributed by atoms with Gasteiger partial charge < -0.3 is 42.6 Å². The zero-order chi connectivity index (χ0) is 22.7. The molecule has 0 aliphatic carbocycles. The first kappa shape index (κ1) is 27.7. The van der Waals surface area contributed by atoms with Crippen LogP contribution in [0.3, 0.4) is 0 Å². The van der Waals surface area contributed by atoms with Crippen LogP contribution in [0.1, 0.15) is 20.3 Å². The summed E-state index contributed by atoms with van der Waals surface area (Å²) in [4.78, 5) is 0. The van der Waals surface area contributed by atoms with Crippen molar-refractivity contribution in [1.82, 2.24) is 0 Å². The van der Waals surface area contributed by atoms with E-state index in [1.165, 1.54) is 0 Å². The molecular formula is C21H42O9. The Bertz CT molecular complexity index is 439. The molecule has 0 saturated carbocycles. The van der Waals surface area contributed by atoms with Crippen LogP contribution in [0.4, 0.5) is 0 Å². The number of ether oxygens (including phenoxy) is 9. The molecule has 0 amide bonds.